The highest BCUT2D eigenvalue weighted by atomic mass is 79.9. The summed E-state index contributed by atoms with van der Waals surface area (Å²) in [5, 5.41) is 21.4. The Balaban J connectivity index is 0.616. The van der Waals surface area contributed by atoms with Gasteiger partial charge >= 0.3 is 5.97 Å². The Labute approximate surface area is 738 Å². The molecule has 5 aliphatic rings. The molecule has 3 saturated heterocycles. The minimum atomic E-state index is -0.862. The summed E-state index contributed by atoms with van der Waals surface area (Å²) in [6, 6.07) is 10.6. The van der Waals surface area contributed by atoms with Crippen molar-refractivity contribution < 1.29 is 90.9 Å². The molecule has 122 heavy (non-hydrogen) atoms. The molecule has 0 saturated carbocycles. The van der Waals surface area contributed by atoms with Gasteiger partial charge in [0.15, 0.2) is 23.4 Å². The molecule has 0 bridgehead atoms. The van der Waals surface area contributed by atoms with Gasteiger partial charge in [-0.05, 0) is 132 Å². The van der Waals surface area contributed by atoms with Crippen LogP contribution in [0.5, 0.6) is 23.0 Å². The molecule has 9 rings (SSSR count). The summed E-state index contributed by atoms with van der Waals surface area (Å²) in [4.78, 5) is 152. The van der Waals surface area contributed by atoms with Crippen molar-refractivity contribution >= 4 is 125 Å². The van der Waals surface area contributed by atoms with E-state index in [1.54, 1.807) is 81.7 Å². The molecule has 3 fully saturated rings. The molecule has 1 aromatic heterocycles. The van der Waals surface area contributed by atoms with Crippen LogP contribution >= 0.6 is 43.2 Å². The summed E-state index contributed by atoms with van der Waals surface area (Å²) >= 11 is 7.92. The highest BCUT2D eigenvalue weighted by Crippen LogP contribution is 2.42. The number of likely N-dealkylation sites (N-methyl/N-ethyl adjacent to an activating group) is 1. The maximum Gasteiger partial charge on any atom is 0.303 e. The van der Waals surface area contributed by atoms with E-state index in [1.165, 1.54) is 24.3 Å². The van der Waals surface area contributed by atoms with Crippen LogP contribution in [-0.4, -0.2) is 255 Å². The predicted molar refractivity (Wildman–Crippen MR) is 474 cm³/mol. The molecule has 29 nitrogen and oxygen atoms in total. The molecule has 5 aliphatic heterocycles. The second kappa shape index (κ2) is 48.1. The van der Waals surface area contributed by atoms with Crippen molar-refractivity contribution in [1.82, 2.24) is 35.2 Å². The third-order valence-electron chi connectivity index (χ3n) is 23.0. The Morgan fingerprint density at radius 3 is 2.16 bits per heavy atom. The van der Waals surface area contributed by atoms with Crippen LogP contribution in [0.25, 0.3) is 0 Å². The van der Waals surface area contributed by atoms with E-state index in [2.05, 4.69) is 75.8 Å². The average molecular weight is 1840 g/mol. The fourth-order valence-electron chi connectivity index (χ4n) is 16.0. The largest absolute Gasteiger partial charge is 0.506 e. The highest BCUT2D eigenvalue weighted by molar-refractivity contribution is 9.12. The number of Topliss-reactive ketones (excluding diaryl/α,β-unsaturated/α-hetero) is 2. The highest BCUT2D eigenvalue weighted by Gasteiger charge is 2.42. The monoisotopic (exact) mass is 1840 g/mol. The van der Waals surface area contributed by atoms with Crippen LogP contribution in [0.3, 0.4) is 0 Å². The zero-order chi connectivity index (χ0) is 88.3. The molecule has 0 radical (unpaired) electrons. The maximum atomic E-state index is 14.5. The van der Waals surface area contributed by atoms with E-state index in [9.17, 15) is 53.1 Å². The van der Waals surface area contributed by atoms with Gasteiger partial charge in [0.2, 0.25) is 23.6 Å². The quantitative estimate of drug-likeness (QED) is 0.0105. The fourth-order valence-corrected chi connectivity index (χ4v) is 17.8. The number of nitrogens with one attached hydrogen (secondary N) is 3. The Morgan fingerprint density at radius 1 is 0.770 bits per heavy atom. The number of aromatic nitrogens is 1. The first-order valence-corrected chi connectivity index (χ1v) is 45.6. The number of phenols is 1. The summed E-state index contributed by atoms with van der Waals surface area (Å²) in [5.74, 6) is -1.72. The predicted octanol–water partition coefficient (Wildman–Crippen LogP) is 12.6. The number of methoxy groups -OCH3 is 1. The summed E-state index contributed by atoms with van der Waals surface area (Å²) in [7, 11) is 5.27. The molecule has 7 amide bonds. The molecule has 0 aliphatic carbocycles. The maximum absolute atomic E-state index is 14.5. The number of hydrogen-bond acceptors (Lipinski definition) is 23. The van der Waals surface area contributed by atoms with Crippen molar-refractivity contribution in [3.05, 3.63) is 105 Å². The van der Waals surface area contributed by atoms with Gasteiger partial charge in [-0.25, -0.2) is 4.98 Å². The number of aliphatic imine (C=N–C) groups is 1. The number of hydrogen-bond donors (Lipinski definition) is 4. The zero-order valence-electron chi connectivity index (χ0n) is 72.4. The SMILES string of the molecule is C=C1C[C@H]2CN(C(=O)CCOCCOCCCC(=O)C(Br)C(Br)C(=O)NCCOCCOCCC(=O)Nc3cc(C[C@H](CCC)NC(=O)c4csc([C@@H](C[C@H](C(C)C)N(C)C(=O)[C@@H](CC(=O)[C@H]5CCCCN5C)[C@@H](C)CC)OC(C)=O)n4)ccc3O)c3cc(OCCCCCOc4cc5c(cc4OC)C(=O)N4CC(=C)C[C@H]4C=N5)c(C)cc3C(=O)N2C1. The third kappa shape index (κ3) is 27.5. The number of halogens is 2. The van der Waals surface area contributed by atoms with Gasteiger partial charge in [0.1, 0.15) is 32.8 Å². The smallest absolute Gasteiger partial charge is 0.303 e. The number of carbonyl (C=O) groups excluding carboxylic acids is 10. The van der Waals surface area contributed by atoms with Crippen LogP contribution in [0.4, 0.5) is 17.1 Å². The summed E-state index contributed by atoms with van der Waals surface area (Å²) in [5.41, 5.74) is 5.68. The Hall–Kier alpha value is -8.50. The molecular formula is C90H124Br2N10O19S. The number of phenolic OH excluding ortho intramolecular Hbond substituents is 1. The van der Waals surface area contributed by atoms with Crippen LogP contribution in [-0.2, 0) is 63.7 Å². The van der Waals surface area contributed by atoms with E-state index in [0.717, 1.165) is 73.8 Å². The number of aryl methyl sites for hydroxylation is 1. The average Bonchev–Trinajstić information content (AvgIpc) is 1.63. The molecule has 10 atom stereocenters. The molecule has 3 aromatic carbocycles. The fraction of sp³-hybridized carbons (Fsp3) is 0.600. The number of aromatic hydroxyl groups is 1. The molecule has 0 spiro atoms. The lowest BCUT2D eigenvalue weighted by Gasteiger charge is -2.37. The van der Waals surface area contributed by atoms with Gasteiger partial charge in [-0.1, -0.05) is 116 Å². The molecular weight excluding hydrogens is 1720 g/mol. The van der Waals surface area contributed by atoms with Crippen LogP contribution in [0, 0.1) is 24.7 Å². The molecule has 4 N–H and O–H groups in total. The van der Waals surface area contributed by atoms with Crippen LogP contribution in [0.2, 0.25) is 0 Å². The molecule has 6 heterocycles. The lowest BCUT2D eigenvalue weighted by molar-refractivity contribution is -0.149. The van der Waals surface area contributed by atoms with Gasteiger partial charge in [-0.15, -0.1) is 11.3 Å². The van der Waals surface area contributed by atoms with Gasteiger partial charge in [-0.2, -0.15) is 0 Å². The number of ketones is 2. The Morgan fingerprint density at radius 2 is 1.46 bits per heavy atom. The van der Waals surface area contributed by atoms with Crippen molar-refractivity contribution in [1.29, 1.82) is 0 Å². The lowest BCUT2D eigenvalue weighted by Crippen LogP contribution is -2.48. The number of alkyl halides is 2. The number of benzene rings is 3. The molecule has 2 unspecified atom stereocenters. The zero-order valence-corrected chi connectivity index (χ0v) is 76.4. The third-order valence-corrected chi connectivity index (χ3v) is 26.7. The van der Waals surface area contributed by atoms with Crippen molar-refractivity contribution in [2.45, 2.75) is 210 Å². The van der Waals surface area contributed by atoms with Crippen molar-refractivity contribution in [2.75, 3.05) is 130 Å². The van der Waals surface area contributed by atoms with E-state index >= 15 is 0 Å². The standard InChI is InChI=1S/C90H124Br2N10O19S/c1-13-21-62(95-85(109)70-54-122-87(97-70)80(121-60(9)103)48-72(55(3)4)99(11)88(111)65(58(7)14-2)45-76(106)71-22-16-17-29-98(71)10)43-61-24-25-74(104)69(44-61)96-81(107)26-33-116-38-39-118-35-28-93-86(110)84(92)83(91)75(105)23-20-30-115-36-37-117-34-27-82(108)102-53-64-41-57(6)52-101(64)90(113)67-42-59(8)77(49-73(67)102)119-31-18-15-19-32-120-79-47-68-66(46-78(79)114-12)89(112)100-51-56(5)40-63(100)50-94-68/h24-25,42,44,46-47,49-50,54-55,58,62-65,71-72,80,83-84,104H,5-6,13-23,26-41,43,45,48,51-53H2,1-4,7-12H3,(H,93,110)(H,95,109)(H,96,107)/t58-,62-,63-,64-,65-,71+,72+,80+,83?,84?/m0/s1. The van der Waals surface area contributed by atoms with Crippen LogP contribution in [0.1, 0.15) is 204 Å². The topological polar surface area (TPSA) is 342 Å². The minimum absolute atomic E-state index is 0.0273. The number of esters is 1. The van der Waals surface area contributed by atoms with Gasteiger partial charge < -0.3 is 78.6 Å². The van der Waals surface area contributed by atoms with E-state index in [0.29, 0.717) is 116 Å². The Kier molecular flexibility index (Phi) is 38.4. The number of rotatable bonds is 50. The number of thiazole rings is 1. The number of nitrogens with zero attached hydrogens (tertiary/aromatic N) is 7. The number of unbranched alkanes of at least 4 members (excludes halogenated alkanes) is 2. The summed E-state index contributed by atoms with van der Waals surface area (Å²) < 4.78 is 46.8. The van der Waals surface area contributed by atoms with Crippen molar-refractivity contribution in [3.63, 3.8) is 0 Å². The summed E-state index contributed by atoms with van der Waals surface area (Å²) in [6.07, 6.45) is 10.6. The number of amides is 7. The van der Waals surface area contributed by atoms with Gasteiger partial charge in [-0.3, -0.25) is 57.8 Å². The van der Waals surface area contributed by atoms with Crippen LogP contribution in [0.15, 0.2) is 77.1 Å². The van der Waals surface area contributed by atoms with E-state index in [4.69, 9.17) is 37.9 Å². The van der Waals surface area contributed by atoms with Gasteiger partial charge in [0.05, 0.1) is 131 Å². The first-order valence-electron chi connectivity index (χ1n) is 42.9. The molecule has 4 aromatic rings. The normalized spacial score (nSPS) is 18.1. The lowest BCUT2D eigenvalue weighted by atomic mass is 9.83. The number of likely N-dealkylation sites (tertiary alicyclic amines) is 1. The van der Waals surface area contributed by atoms with E-state index in [1.807, 2.05) is 48.6 Å². The van der Waals surface area contributed by atoms with Crippen molar-refractivity contribution in [2.24, 2.45) is 22.7 Å². The minimum Gasteiger partial charge on any atom is -0.506 e. The van der Waals surface area contributed by atoms with Crippen LogP contribution < -0.4 is 35.1 Å². The number of fused-ring (bicyclic) bond motifs is 4. The van der Waals surface area contributed by atoms with E-state index < -0.39 is 51.4 Å². The first kappa shape index (κ1) is 97.3. The molecule has 668 valence electrons. The van der Waals surface area contributed by atoms with E-state index in [-0.39, 0.29) is 180 Å². The van der Waals surface area contributed by atoms with Gasteiger partial charge in [0.25, 0.3) is 17.7 Å². The van der Waals surface area contributed by atoms with Gasteiger partial charge in [0, 0.05) is 108 Å². The summed E-state index contributed by atoms with van der Waals surface area (Å²) in [6.45, 7) is 25.8. The Bertz CT molecular complexity index is 4350. The number of anilines is 2. The molecule has 32 heteroatoms. The number of piperidine rings is 1. The number of carbonyl (C=O) groups is 10. The number of ether oxygens (including phenoxy) is 8. The van der Waals surface area contributed by atoms with Crippen molar-refractivity contribution in [3.8, 4) is 23.0 Å². The first-order chi connectivity index (χ1) is 58.5. The second-order valence-electron chi connectivity index (χ2n) is 32.7. The second-order valence-corrected chi connectivity index (χ2v) is 35.6.